The second kappa shape index (κ2) is 5.17. The summed E-state index contributed by atoms with van der Waals surface area (Å²) >= 11 is 0. The minimum atomic E-state index is -0.691. The quantitative estimate of drug-likeness (QED) is 0.827. The van der Waals surface area contributed by atoms with E-state index in [1.807, 2.05) is 6.07 Å². The van der Waals surface area contributed by atoms with Gasteiger partial charge >= 0.3 is 0 Å². The van der Waals surface area contributed by atoms with Crippen LogP contribution in [0.25, 0.3) is 0 Å². The van der Waals surface area contributed by atoms with Gasteiger partial charge in [0.15, 0.2) is 0 Å². The van der Waals surface area contributed by atoms with Crippen LogP contribution in [0.1, 0.15) is 25.3 Å². The zero-order chi connectivity index (χ0) is 12.3. The molecule has 1 heterocycles. The average Bonchev–Trinajstić information content (AvgIpc) is 2.68. The van der Waals surface area contributed by atoms with E-state index in [0.29, 0.717) is 6.54 Å². The third kappa shape index (κ3) is 2.51. The molecular weight excluding hydrogens is 212 g/mol. The van der Waals surface area contributed by atoms with E-state index >= 15 is 0 Å². The molecule has 3 N–H and O–H groups in total. The van der Waals surface area contributed by atoms with Gasteiger partial charge in [-0.05, 0) is 18.4 Å². The lowest BCUT2D eigenvalue weighted by Gasteiger charge is -2.32. The van der Waals surface area contributed by atoms with Crippen LogP contribution in [0.4, 0.5) is 0 Å². The number of hydrogen-bond donors (Lipinski definition) is 2. The van der Waals surface area contributed by atoms with Crippen LogP contribution in [0, 0.1) is 0 Å². The Morgan fingerprint density at radius 1 is 1.41 bits per heavy atom. The standard InChI is InChI=1S/C14H22N2O/c1-2-13-14(17,11-15)8-9-16(13)10-12-6-4-3-5-7-12/h3-7,13,17H,2,8-11,15H2,1H3. The fourth-order valence-electron chi connectivity index (χ4n) is 2.88. The summed E-state index contributed by atoms with van der Waals surface area (Å²) in [5, 5.41) is 10.4. The molecule has 3 nitrogen and oxygen atoms in total. The summed E-state index contributed by atoms with van der Waals surface area (Å²) in [7, 11) is 0. The summed E-state index contributed by atoms with van der Waals surface area (Å²) in [5.41, 5.74) is 6.32. The van der Waals surface area contributed by atoms with E-state index < -0.39 is 5.60 Å². The fraction of sp³-hybridized carbons (Fsp3) is 0.571. The van der Waals surface area contributed by atoms with Crippen LogP contribution in [-0.4, -0.2) is 34.7 Å². The molecule has 1 aromatic rings. The number of benzene rings is 1. The van der Waals surface area contributed by atoms with Gasteiger partial charge < -0.3 is 10.8 Å². The smallest absolute Gasteiger partial charge is 0.0935 e. The van der Waals surface area contributed by atoms with Crippen molar-refractivity contribution >= 4 is 0 Å². The summed E-state index contributed by atoms with van der Waals surface area (Å²) in [6.45, 7) is 4.31. The number of nitrogens with zero attached hydrogens (tertiary/aromatic N) is 1. The molecule has 94 valence electrons. The molecule has 0 saturated carbocycles. The zero-order valence-electron chi connectivity index (χ0n) is 10.5. The van der Waals surface area contributed by atoms with E-state index in [1.165, 1.54) is 5.56 Å². The van der Waals surface area contributed by atoms with Crippen molar-refractivity contribution in [3.8, 4) is 0 Å². The first kappa shape index (κ1) is 12.6. The summed E-state index contributed by atoms with van der Waals surface area (Å²) in [5.74, 6) is 0. The highest BCUT2D eigenvalue weighted by atomic mass is 16.3. The third-order valence-corrected chi connectivity index (χ3v) is 3.86. The van der Waals surface area contributed by atoms with Crippen molar-refractivity contribution in [1.29, 1.82) is 0 Å². The first-order chi connectivity index (χ1) is 8.19. The Morgan fingerprint density at radius 3 is 2.71 bits per heavy atom. The van der Waals surface area contributed by atoms with Crippen molar-refractivity contribution in [3.05, 3.63) is 35.9 Å². The fourth-order valence-corrected chi connectivity index (χ4v) is 2.88. The Balaban J connectivity index is 2.08. The minimum absolute atomic E-state index is 0.188. The number of hydrogen-bond acceptors (Lipinski definition) is 3. The van der Waals surface area contributed by atoms with Gasteiger partial charge in [0.05, 0.1) is 5.60 Å². The summed E-state index contributed by atoms with van der Waals surface area (Å²) in [4.78, 5) is 2.35. The molecule has 0 aromatic heterocycles. The van der Waals surface area contributed by atoms with Crippen LogP contribution in [0.5, 0.6) is 0 Å². The molecule has 1 aromatic carbocycles. The van der Waals surface area contributed by atoms with Gasteiger partial charge in [-0.1, -0.05) is 37.3 Å². The van der Waals surface area contributed by atoms with E-state index in [2.05, 4.69) is 36.1 Å². The molecule has 17 heavy (non-hydrogen) atoms. The molecular formula is C14H22N2O. The van der Waals surface area contributed by atoms with E-state index in [0.717, 1.165) is 25.9 Å². The molecule has 0 amide bonds. The third-order valence-electron chi connectivity index (χ3n) is 3.86. The van der Waals surface area contributed by atoms with Crippen molar-refractivity contribution in [2.75, 3.05) is 13.1 Å². The van der Waals surface area contributed by atoms with Gasteiger partial charge in [-0.25, -0.2) is 0 Å². The predicted octanol–water partition coefficient (Wildman–Crippen LogP) is 1.36. The summed E-state index contributed by atoms with van der Waals surface area (Å²) in [6, 6.07) is 10.6. The van der Waals surface area contributed by atoms with E-state index in [4.69, 9.17) is 5.73 Å². The normalized spacial score (nSPS) is 29.7. The van der Waals surface area contributed by atoms with Gasteiger partial charge in [0.2, 0.25) is 0 Å². The largest absolute Gasteiger partial charge is 0.387 e. The Morgan fingerprint density at radius 2 is 2.12 bits per heavy atom. The topological polar surface area (TPSA) is 49.5 Å². The van der Waals surface area contributed by atoms with Gasteiger partial charge in [0.1, 0.15) is 0 Å². The van der Waals surface area contributed by atoms with Gasteiger partial charge in [-0.15, -0.1) is 0 Å². The highest BCUT2D eigenvalue weighted by molar-refractivity contribution is 5.15. The van der Waals surface area contributed by atoms with Crippen molar-refractivity contribution < 1.29 is 5.11 Å². The summed E-state index contributed by atoms with van der Waals surface area (Å²) < 4.78 is 0. The van der Waals surface area contributed by atoms with Gasteiger partial charge in [0.25, 0.3) is 0 Å². The highest BCUT2D eigenvalue weighted by Gasteiger charge is 2.43. The molecule has 3 heteroatoms. The Bertz CT molecular complexity index is 354. The van der Waals surface area contributed by atoms with E-state index in [1.54, 1.807) is 0 Å². The molecule has 0 bridgehead atoms. The lowest BCUT2D eigenvalue weighted by atomic mass is 9.93. The molecule has 1 saturated heterocycles. The van der Waals surface area contributed by atoms with Crippen molar-refractivity contribution in [3.63, 3.8) is 0 Å². The molecule has 1 aliphatic rings. The predicted molar refractivity (Wildman–Crippen MR) is 69.6 cm³/mol. The lowest BCUT2D eigenvalue weighted by molar-refractivity contribution is 0.00812. The molecule has 0 aliphatic carbocycles. The van der Waals surface area contributed by atoms with E-state index in [-0.39, 0.29) is 6.04 Å². The van der Waals surface area contributed by atoms with Crippen LogP contribution in [-0.2, 0) is 6.54 Å². The molecule has 2 rings (SSSR count). The number of likely N-dealkylation sites (tertiary alicyclic amines) is 1. The second-order valence-electron chi connectivity index (χ2n) is 4.94. The molecule has 2 atom stereocenters. The maximum atomic E-state index is 10.4. The molecule has 0 spiro atoms. The zero-order valence-corrected chi connectivity index (χ0v) is 10.5. The van der Waals surface area contributed by atoms with Crippen LogP contribution in [0.2, 0.25) is 0 Å². The Kier molecular flexibility index (Phi) is 3.82. The Labute approximate surface area is 103 Å². The summed E-state index contributed by atoms with van der Waals surface area (Å²) in [6.07, 6.45) is 1.73. The van der Waals surface area contributed by atoms with Crippen LogP contribution in [0.3, 0.4) is 0 Å². The number of rotatable bonds is 4. The average molecular weight is 234 g/mol. The number of aliphatic hydroxyl groups is 1. The molecule has 1 fully saturated rings. The minimum Gasteiger partial charge on any atom is -0.387 e. The second-order valence-corrected chi connectivity index (χ2v) is 4.94. The van der Waals surface area contributed by atoms with Crippen molar-refractivity contribution in [2.24, 2.45) is 5.73 Å². The molecule has 1 aliphatic heterocycles. The maximum absolute atomic E-state index is 10.4. The first-order valence-electron chi connectivity index (χ1n) is 6.40. The van der Waals surface area contributed by atoms with Gasteiger partial charge in [0, 0.05) is 25.7 Å². The number of nitrogens with two attached hydrogens (primary N) is 1. The van der Waals surface area contributed by atoms with Crippen molar-refractivity contribution in [1.82, 2.24) is 4.90 Å². The van der Waals surface area contributed by atoms with Crippen LogP contribution < -0.4 is 5.73 Å². The van der Waals surface area contributed by atoms with Crippen LogP contribution >= 0.6 is 0 Å². The van der Waals surface area contributed by atoms with Gasteiger partial charge in [-0.2, -0.15) is 0 Å². The highest BCUT2D eigenvalue weighted by Crippen LogP contribution is 2.31. The lowest BCUT2D eigenvalue weighted by Crippen LogP contribution is -2.49. The maximum Gasteiger partial charge on any atom is 0.0935 e. The van der Waals surface area contributed by atoms with Crippen molar-refractivity contribution in [2.45, 2.75) is 38.0 Å². The van der Waals surface area contributed by atoms with E-state index in [9.17, 15) is 5.11 Å². The molecule has 0 radical (unpaired) electrons. The Hall–Kier alpha value is -0.900. The SMILES string of the molecule is CCC1N(Cc2ccccc2)CCC1(O)CN. The molecule has 2 unspecified atom stereocenters. The van der Waals surface area contributed by atoms with Crippen LogP contribution in [0.15, 0.2) is 30.3 Å². The van der Waals surface area contributed by atoms with Gasteiger partial charge in [-0.3, -0.25) is 4.90 Å². The monoisotopic (exact) mass is 234 g/mol. The first-order valence-corrected chi connectivity index (χ1v) is 6.40.